The second-order valence-electron chi connectivity index (χ2n) is 9.65. The molecule has 0 bridgehead atoms. The van der Waals surface area contributed by atoms with Crippen molar-refractivity contribution in [2.24, 2.45) is 17.8 Å². The Hall–Kier alpha value is -2.08. The van der Waals surface area contributed by atoms with Crippen LogP contribution in [0.1, 0.15) is 30.4 Å². The van der Waals surface area contributed by atoms with Crippen LogP contribution in [0.4, 0.5) is 0 Å². The van der Waals surface area contributed by atoms with E-state index < -0.39 is 5.60 Å². The van der Waals surface area contributed by atoms with E-state index in [2.05, 4.69) is 46.7 Å². The third kappa shape index (κ3) is 4.51. The molecule has 2 aliphatic carbocycles. The molecular weight excluding hydrogens is 436 g/mol. The summed E-state index contributed by atoms with van der Waals surface area (Å²) in [6, 6.07) is 6.40. The fraction of sp³-hybridized carbons (Fsp3) is 0.519. The van der Waals surface area contributed by atoms with Gasteiger partial charge in [0.15, 0.2) is 0 Å². The number of halogens is 1. The van der Waals surface area contributed by atoms with Gasteiger partial charge in [-0.3, -0.25) is 4.79 Å². The highest BCUT2D eigenvalue weighted by Gasteiger charge is 2.55. The Kier molecular flexibility index (Phi) is 6.64. The second-order valence-corrected chi connectivity index (χ2v) is 10.1. The minimum Gasteiger partial charge on any atom is -0.494 e. The normalized spacial score (nSPS) is 30.2. The highest BCUT2D eigenvalue weighted by atomic mass is 35.5. The predicted octanol–water partition coefficient (Wildman–Crippen LogP) is 4.27. The molecule has 1 aromatic carbocycles. The number of nitrogens with zero attached hydrogens (tertiary/aromatic N) is 1. The smallest absolute Gasteiger partial charge is 0.231 e. The van der Waals surface area contributed by atoms with E-state index in [-0.39, 0.29) is 29.7 Å². The molecule has 5 nitrogen and oxygen atoms in total. The number of rotatable bonds is 7. The van der Waals surface area contributed by atoms with Gasteiger partial charge in [-0.1, -0.05) is 48.0 Å². The lowest BCUT2D eigenvalue weighted by atomic mass is 9.65. The molecule has 2 fully saturated rings. The quantitative estimate of drug-likeness (QED) is 0.649. The van der Waals surface area contributed by atoms with E-state index in [1.165, 1.54) is 5.56 Å². The molecule has 33 heavy (non-hydrogen) atoms. The lowest BCUT2D eigenvalue weighted by Crippen LogP contribution is -2.62. The van der Waals surface area contributed by atoms with Crippen molar-refractivity contribution >= 4 is 17.5 Å². The van der Waals surface area contributed by atoms with Crippen LogP contribution < -0.4 is 5.32 Å². The SMILES string of the molecule is COCCc1ccc(Cl)c(CN(C(=O)C2CNCC[C@@]23OC=CC2C=CC=CC23)C2CC2)c1. The number of carbonyl (C=O) groups excluding carboxylic acids is 1. The largest absolute Gasteiger partial charge is 0.494 e. The monoisotopic (exact) mass is 468 g/mol. The van der Waals surface area contributed by atoms with Crippen LogP contribution in [0.15, 0.2) is 54.8 Å². The fourth-order valence-electron chi connectivity index (χ4n) is 5.63. The van der Waals surface area contributed by atoms with Gasteiger partial charge < -0.3 is 19.7 Å². The summed E-state index contributed by atoms with van der Waals surface area (Å²) in [6.07, 6.45) is 16.3. The minimum atomic E-state index is -0.514. The summed E-state index contributed by atoms with van der Waals surface area (Å²) in [4.78, 5) is 16.2. The standard InChI is InChI=1S/C27H33ClN2O3/c1-32-14-10-19-6-9-25(28)21(16-19)18-30(22-7-8-22)26(31)24-17-29-13-12-27(24)23-5-3-2-4-20(23)11-15-33-27/h2-6,9,11,15-16,20,22-24,29H,7-8,10,12-14,17-18H2,1H3/t20?,23?,24?,27-/m0/s1. The first-order chi connectivity index (χ1) is 16.1. The molecule has 4 atom stereocenters. The van der Waals surface area contributed by atoms with Crippen molar-refractivity contribution in [2.45, 2.75) is 43.9 Å². The molecule has 3 unspecified atom stereocenters. The molecule has 1 amide bonds. The van der Waals surface area contributed by atoms with E-state index in [0.29, 0.717) is 24.7 Å². The van der Waals surface area contributed by atoms with Crippen molar-refractivity contribution in [3.05, 3.63) is 71.0 Å². The summed E-state index contributed by atoms with van der Waals surface area (Å²) in [7, 11) is 1.71. The van der Waals surface area contributed by atoms with Crippen molar-refractivity contribution in [3.63, 3.8) is 0 Å². The molecule has 176 valence electrons. The lowest BCUT2D eigenvalue weighted by Gasteiger charge is -2.51. The summed E-state index contributed by atoms with van der Waals surface area (Å²) in [5.41, 5.74) is 1.67. The van der Waals surface area contributed by atoms with Gasteiger partial charge in [-0.05, 0) is 49.1 Å². The third-order valence-electron chi connectivity index (χ3n) is 7.58. The maximum absolute atomic E-state index is 14.2. The molecule has 1 saturated heterocycles. The molecule has 4 aliphatic rings. The fourth-order valence-corrected chi connectivity index (χ4v) is 5.80. The summed E-state index contributed by atoms with van der Waals surface area (Å²) in [6.45, 7) is 2.70. The molecular formula is C27H33ClN2O3. The van der Waals surface area contributed by atoms with Gasteiger partial charge in [-0.15, -0.1) is 0 Å². The lowest BCUT2D eigenvalue weighted by molar-refractivity contribution is -0.158. The zero-order valence-corrected chi connectivity index (χ0v) is 20.0. The van der Waals surface area contributed by atoms with E-state index >= 15 is 0 Å². The predicted molar refractivity (Wildman–Crippen MR) is 130 cm³/mol. The van der Waals surface area contributed by atoms with Crippen LogP contribution in [0.5, 0.6) is 0 Å². The van der Waals surface area contributed by atoms with Gasteiger partial charge in [0.1, 0.15) is 5.60 Å². The molecule has 2 aliphatic heterocycles. The van der Waals surface area contributed by atoms with Gasteiger partial charge in [0.05, 0.1) is 18.8 Å². The zero-order chi connectivity index (χ0) is 22.8. The molecule has 0 radical (unpaired) electrons. The Balaban J connectivity index is 1.42. The van der Waals surface area contributed by atoms with Gasteiger partial charge >= 0.3 is 0 Å². The van der Waals surface area contributed by atoms with Crippen LogP contribution >= 0.6 is 11.6 Å². The Bertz CT molecular complexity index is 970. The molecule has 6 heteroatoms. The van der Waals surface area contributed by atoms with Crippen molar-refractivity contribution in [2.75, 3.05) is 26.8 Å². The first kappa shape index (κ1) is 22.7. The van der Waals surface area contributed by atoms with E-state index in [1.807, 2.05) is 18.4 Å². The third-order valence-corrected chi connectivity index (χ3v) is 7.94. The van der Waals surface area contributed by atoms with Crippen molar-refractivity contribution < 1.29 is 14.3 Å². The van der Waals surface area contributed by atoms with Crippen LogP contribution in [0.2, 0.25) is 5.02 Å². The highest BCUT2D eigenvalue weighted by molar-refractivity contribution is 6.31. The number of carbonyl (C=O) groups is 1. The molecule has 1 N–H and O–H groups in total. The van der Waals surface area contributed by atoms with Gasteiger partial charge in [0, 0.05) is 49.5 Å². The summed E-state index contributed by atoms with van der Waals surface area (Å²) in [5.74, 6) is 0.389. The average molecular weight is 469 g/mol. The van der Waals surface area contributed by atoms with Crippen LogP contribution in [0, 0.1) is 17.8 Å². The number of ether oxygens (including phenoxy) is 2. The number of benzene rings is 1. The first-order valence-electron chi connectivity index (χ1n) is 12.1. The maximum atomic E-state index is 14.2. The number of fused-ring (bicyclic) bond motifs is 2. The topological polar surface area (TPSA) is 50.8 Å². The number of hydrogen-bond acceptors (Lipinski definition) is 4. The Labute approximate surface area is 201 Å². The first-order valence-corrected chi connectivity index (χ1v) is 12.5. The van der Waals surface area contributed by atoms with Gasteiger partial charge in [-0.2, -0.15) is 0 Å². The molecule has 1 saturated carbocycles. The highest BCUT2D eigenvalue weighted by Crippen LogP contribution is 2.47. The number of methoxy groups -OCH3 is 1. The number of amides is 1. The van der Waals surface area contributed by atoms with Crippen LogP contribution in [0.3, 0.4) is 0 Å². The Morgan fingerprint density at radius 3 is 2.94 bits per heavy atom. The molecule has 1 aromatic rings. The van der Waals surface area contributed by atoms with Crippen LogP contribution in [0.25, 0.3) is 0 Å². The number of hydrogen-bond donors (Lipinski definition) is 1. The van der Waals surface area contributed by atoms with E-state index in [9.17, 15) is 4.79 Å². The number of allylic oxidation sites excluding steroid dienone is 4. The maximum Gasteiger partial charge on any atom is 0.231 e. The molecule has 0 aromatic heterocycles. The second kappa shape index (κ2) is 9.65. The van der Waals surface area contributed by atoms with Crippen molar-refractivity contribution in [1.82, 2.24) is 10.2 Å². The van der Waals surface area contributed by atoms with Gasteiger partial charge in [0.25, 0.3) is 0 Å². The van der Waals surface area contributed by atoms with Crippen molar-refractivity contribution in [1.29, 1.82) is 0 Å². The van der Waals surface area contributed by atoms with Gasteiger partial charge in [0.2, 0.25) is 5.91 Å². The van der Waals surface area contributed by atoms with Gasteiger partial charge in [-0.25, -0.2) is 0 Å². The average Bonchev–Trinajstić information content (AvgIpc) is 3.68. The van der Waals surface area contributed by atoms with E-state index in [1.54, 1.807) is 7.11 Å². The summed E-state index contributed by atoms with van der Waals surface area (Å²) in [5, 5.41) is 4.18. The van der Waals surface area contributed by atoms with Crippen LogP contribution in [-0.4, -0.2) is 49.3 Å². The molecule has 2 heterocycles. The number of piperidine rings is 1. The Morgan fingerprint density at radius 1 is 1.27 bits per heavy atom. The van der Waals surface area contributed by atoms with E-state index in [0.717, 1.165) is 37.8 Å². The molecule has 1 spiro atoms. The Morgan fingerprint density at radius 2 is 2.12 bits per heavy atom. The summed E-state index contributed by atoms with van der Waals surface area (Å²) >= 11 is 6.59. The van der Waals surface area contributed by atoms with Crippen molar-refractivity contribution in [3.8, 4) is 0 Å². The molecule has 5 rings (SSSR count). The minimum absolute atomic E-state index is 0.172. The van der Waals surface area contributed by atoms with E-state index in [4.69, 9.17) is 21.1 Å². The number of nitrogens with one attached hydrogen (secondary N) is 1. The van der Waals surface area contributed by atoms with Crippen LogP contribution in [-0.2, 0) is 27.2 Å². The zero-order valence-electron chi connectivity index (χ0n) is 19.2. The summed E-state index contributed by atoms with van der Waals surface area (Å²) < 4.78 is 11.6.